The number of aryl methyl sites for hydroxylation is 2. The highest BCUT2D eigenvalue weighted by Gasteiger charge is 2.22. The second kappa shape index (κ2) is 8.13. The van der Waals surface area contributed by atoms with Crippen molar-refractivity contribution in [3.05, 3.63) is 53.6 Å². The molecule has 5 nitrogen and oxygen atoms in total. The van der Waals surface area contributed by atoms with E-state index in [1.54, 1.807) is 7.11 Å². The van der Waals surface area contributed by atoms with Crippen molar-refractivity contribution in [2.75, 3.05) is 44.8 Å². The molecule has 1 aliphatic heterocycles. The van der Waals surface area contributed by atoms with Gasteiger partial charge in [-0.15, -0.1) is 0 Å². The Bertz CT molecular complexity index is 747. The molecule has 1 aliphatic rings. The van der Waals surface area contributed by atoms with Crippen molar-refractivity contribution in [3.8, 4) is 11.5 Å². The molecule has 0 spiro atoms. The highest BCUT2D eigenvalue weighted by atomic mass is 16.5. The Hall–Kier alpha value is -2.69. The summed E-state index contributed by atoms with van der Waals surface area (Å²) < 4.78 is 11.1. The van der Waals surface area contributed by atoms with Crippen molar-refractivity contribution in [2.45, 2.75) is 13.8 Å². The molecule has 3 rings (SSSR count). The lowest BCUT2D eigenvalue weighted by atomic mass is 10.1. The molecular weight excluding hydrogens is 328 g/mol. The predicted octanol–water partition coefficient (Wildman–Crippen LogP) is 3.04. The topological polar surface area (TPSA) is 42.0 Å². The van der Waals surface area contributed by atoms with Gasteiger partial charge in [-0.2, -0.15) is 0 Å². The second-order valence-corrected chi connectivity index (χ2v) is 6.58. The summed E-state index contributed by atoms with van der Waals surface area (Å²) in [7, 11) is 1.67. The van der Waals surface area contributed by atoms with Crippen LogP contribution < -0.4 is 14.4 Å². The Balaban J connectivity index is 1.53. The van der Waals surface area contributed by atoms with Gasteiger partial charge in [0.25, 0.3) is 5.91 Å². The molecule has 5 heteroatoms. The molecule has 2 aromatic carbocycles. The zero-order chi connectivity index (χ0) is 18.5. The Morgan fingerprint density at radius 2 is 1.65 bits per heavy atom. The van der Waals surface area contributed by atoms with E-state index in [0.717, 1.165) is 41.4 Å². The van der Waals surface area contributed by atoms with Crippen LogP contribution in [-0.4, -0.2) is 50.7 Å². The molecule has 1 saturated heterocycles. The van der Waals surface area contributed by atoms with Gasteiger partial charge in [0.2, 0.25) is 0 Å². The van der Waals surface area contributed by atoms with E-state index >= 15 is 0 Å². The minimum Gasteiger partial charge on any atom is -0.497 e. The summed E-state index contributed by atoms with van der Waals surface area (Å²) in [5.41, 5.74) is 3.24. The maximum absolute atomic E-state index is 12.5. The quantitative estimate of drug-likeness (QED) is 0.828. The summed E-state index contributed by atoms with van der Waals surface area (Å²) in [6.07, 6.45) is 0. The molecule has 1 heterocycles. The number of rotatable bonds is 5. The zero-order valence-electron chi connectivity index (χ0n) is 15.7. The zero-order valence-corrected chi connectivity index (χ0v) is 15.7. The first-order valence-corrected chi connectivity index (χ1v) is 8.94. The average molecular weight is 354 g/mol. The fourth-order valence-corrected chi connectivity index (χ4v) is 3.27. The van der Waals surface area contributed by atoms with Crippen LogP contribution in [0.4, 0.5) is 5.69 Å². The van der Waals surface area contributed by atoms with Gasteiger partial charge in [0.05, 0.1) is 7.11 Å². The summed E-state index contributed by atoms with van der Waals surface area (Å²) >= 11 is 0. The monoisotopic (exact) mass is 354 g/mol. The van der Waals surface area contributed by atoms with Crippen molar-refractivity contribution < 1.29 is 14.3 Å². The first kappa shape index (κ1) is 18.1. The lowest BCUT2D eigenvalue weighted by molar-refractivity contribution is -0.133. The number of ether oxygens (including phenoxy) is 2. The van der Waals surface area contributed by atoms with Gasteiger partial charge in [0.15, 0.2) is 6.61 Å². The van der Waals surface area contributed by atoms with Crippen LogP contribution in [0.25, 0.3) is 0 Å². The number of para-hydroxylation sites is 1. The largest absolute Gasteiger partial charge is 0.497 e. The summed E-state index contributed by atoms with van der Waals surface area (Å²) in [4.78, 5) is 16.7. The van der Waals surface area contributed by atoms with Gasteiger partial charge in [-0.05, 0) is 37.1 Å². The Morgan fingerprint density at radius 3 is 2.31 bits per heavy atom. The number of carbonyl (C=O) groups is 1. The number of piperazine rings is 1. The van der Waals surface area contributed by atoms with Crippen LogP contribution in [0.15, 0.2) is 42.5 Å². The average Bonchev–Trinajstić information content (AvgIpc) is 2.67. The molecule has 0 saturated carbocycles. The molecule has 26 heavy (non-hydrogen) atoms. The number of hydrogen-bond donors (Lipinski definition) is 0. The smallest absolute Gasteiger partial charge is 0.260 e. The number of hydrogen-bond acceptors (Lipinski definition) is 4. The second-order valence-electron chi connectivity index (χ2n) is 6.58. The van der Waals surface area contributed by atoms with E-state index in [1.165, 1.54) is 0 Å². The normalized spacial score (nSPS) is 14.3. The fourth-order valence-electron chi connectivity index (χ4n) is 3.27. The minimum absolute atomic E-state index is 0.0398. The molecule has 0 atom stereocenters. The van der Waals surface area contributed by atoms with E-state index in [1.807, 2.05) is 55.1 Å². The van der Waals surface area contributed by atoms with E-state index in [4.69, 9.17) is 9.47 Å². The van der Waals surface area contributed by atoms with Gasteiger partial charge in [-0.1, -0.05) is 24.3 Å². The Kier molecular flexibility index (Phi) is 5.66. The first-order valence-electron chi connectivity index (χ1n) is 8.94. The van der Waals surface area contributed by atoms with E-state index in [0.29, 0.717) is 13.1 Å². The van der Waals surface area contributed by atoms with Gasteiger partial charge >= 0.3 is 0 Å². The molecule has 0 aliphatic carbocycles. The first-order chi connectivity index (χ1) is 12.6. The van der Waals surface area contributed by atoms with Gasteiger partial charge in [0.1, 0.15) is 11.5 Å². The number of benzene rings is 2. The third-order valence-corrected chi connectivity index (χ3v) is 4.80. The molecule has 2 aromatic rings. The number of methoxy groups -OCH3 is 1. The third kappa shape index (κ3) is 4.10. The van der Waals surface area contributed by atoms with Gasteiger partial charge in [-0.25, -0.2) is 0 Å². The predicted molar refractivity (Wildman–Crippen MR) is 103 cm³/mol. The lowest BCUT2D eigenvalue weighted by Gasteiger charge is -2.36. The SMILES string of the molecule is COc1cccc(N2CCN(C(=O)COc3c(C)cccc3C)CC2)c1. The third-order valence-electron chi connectivity index (χ3n) is 4.80. The maximum atomic E-state index is 12.5. The molecule has 0 unspecified atom stereocenters. The van der Waals surface area contributed by atoms with Crippen molar-refractivity contribution in [1.82, 2.24) is 4.90 Å². The van der Waals surface area contributed by atoms with Crippen LogP contribution >= 0.6 is 0 Å². The molecule has 0 aromatic heterocycles. The molecule has 0 N–H and O–H groups in total. The minimum atomic E-state index is 0.0398. The Labute approximate surface area is 155 Å². The summed E-state index contributed by atoms with van der Waals surface area (Å²) in [5.74, 6) is 1.71. The number of nitrogens with zero attached hydrogens (tertiary/aromatic N) is 2. The van der Waals surface area contributed by atoms with Crippen molar-refractivity contribution in [2.24, 2.45) is 0 Å². The molecular formula is C21H26N2O3. The van der Waals surface area contributed by atoms with E-state index in [-0.39, 0.29) is 12.5 Å². The van der Waals surface area contributed by atoms with Crippen molar-refractivity contribution in [3.63, 3.8) is 0 Å². The van der Waals surface area contributed by atoms with E-state index in [2.05, 4.69) is 11.0 Å². The van der Waals surface area contributed by atoms with Crippen LogP contribution in [0, 0.1) is 13.8 Å². The van der Waals surface area contributed by atoms with Crippen molar-refractivity contribution >= 4 is 11.6 Å². The Morgan fingerprint density at radius 1 is 1.00 bits per heavy atom. The molecule has 138 valence electrons. The van der Waals surface area contributed by atoms with Crippen LogP contribution in [0.5, 0.6) is 11.5 Å². The molecule has 0 bridgehead atoms. The van der Waals surface area contributed by atoms with Gasteiger partial charge < -0.3 is 19.3 Å². The van der Waals surface area contributed by atoms with Crippen LogP contribution in [0.1, 0.15) is 11.1 Å². The lowest BCUT2D eigenvalue weighted by Crippen LogP contribution is -2.50. The van der Waals surface area contributed by atoms with Gasteiger partial charge in [-0.3, -0.25) is 4.79 Å². The van der Waals surface area contributed by atoms with E-state index in [9.17, 15) is 4.79 Å². The number of anilines is 1. The van der Waals surface area contributed by atoms with E-state index < -0.39 is 0 Å². The van der Waals surface area contributed by atoms with Crippen LogP contribution in [0.2, 0.25) is 0 Å². The summed E-state index contributed by atoms with van der Waals surface area (Å²) in [6, 6.07) is 14.0. The van der Waals surface area contributed by atoms with Crippen molar-refractivity contribution in [1.29, 1.82) is 0 Å². The maximum Gasteiger partial charge on any atom is 0.260 e. The fraction of sp³-hybridized carbons (Fsp3) is 0.381. The standard InChI is InChI=1S/C21H26N2O3/c1-16-6-4-7-17(2)21(16)26-15-20(24)23-12-10-22(11-13-23)18-8-5-9-19(14-18)25-3/h4-9,14H,10-13,15H2,1-3H3. The van der Waals surface area contributed by atoms with Crippen LogP contribution in [0.3, 0.4) is 0 Å². The highest BCUT2D eigenvalue weighted by molar-refractivity contribution is 5.78. The highest BCUT2D eigenvalue weighted by Crippen LogP contribution is 2.23. The molecule has 0 radical (unpaired) electrons. The summed E-state index contributed by atoms with van der Waals surface area (Å²) in [5, 5.41) is 0. The molecule has 1 amide bonds. The number of amides is 1. The molecule has 1 fully saturated rings. The van der Waals surface area contributed by atoms with Crippen LogP contribution in [-0.2, 0) is 4.79 Å². The number of carbonyl (C=O) groups excluding carboxylic acids is 1. The van der Waals surface area contributed by atoms with Gasteiger partial charge in [0, 0.05) is 37.9 Å². The summed E-state index contributed by atoms with van der Waals surface area (Å²) in [6.45, 7) is 7.10.